The van der Waals surface area contributed by atoms with Crippen LogP contribution < -0.4 is 4.90 Å². The highest BCUT2D eigenvalue weighted by Crippen LogP contribution is 2.44. The Morgan fingerprint density at radius 3 is 2.71 bits per heavy atom. The van der Waals surface area contributed by atoms with Gasteiger partial charge in [0, 0.05) is 36.4 Å². The van der Waals surface area contributed by atoms with Gasteiger partial charge in [0.05, 0.1) is 35.9 Å². The Bertz CT molecular complexity index is 843. The molecule has 1 amide bonds. The lowest BCUT2D eigenvalue weighted by Gasteiger charge is -2.50. The largest absolute Gasteiger partial charge is 0.371 e. The van der Waals surface area contributed by atoms with Crippen LogP contribution in [0, 0.1) is 6.92 Å². The van der Waals surface area contributed by atoms with Crippen molar-refractivity contribution in [3.05, 3.63) is 34.5 Å². The van der Waals surface area contributed by atoms with Crippen molar-refractivity contribution in [3.8, 4) is 0 Å². The summed E-state index contributed by atoms with van der Waals surface area (Å²) in [7, 11) is 0. The number of fused-ring (bicyclic) bond motifs is 2. The molecule has 3 saturated heterocycles. The summed E-state index contributed by atoms with van der Waals surface area (Å²) < 4.78 is 6.34. The lowest BCUT2D eigenvalue weighted by molar-refractivity contribution is -0.147. The number of piperidine rings is 1. The van der Waals surface area contributed by atoms with E-state index in [1.54, 1.807) is 23.7 Å². The van der Waals surface area contributed by atoms with Crippen LogP contribution in [0.5, 0.6) is 0 Å². The minimum Gasteiger partial charge on any atom is -0.371 e. The molecule has 2 aromatic heterocycles. The highest BCUT2D eigenvalue weighted by Gasteiger charge is 2.52. The minimum absolute atomic E-state index is 0.197. The molecule has 2 aromatic rings. The Hall–Kier alpha value is -2.06. The Morgan fingerprint density at radius 1 is 1.29 bits per heavy atom. The molecule has 3 fully saturated rings. The molecular formula is C20H25N5O2S. The van der Waals surface area contributed by atoms with Crippen LogP contribution in [0.1, 0.15) is 36.4 Å². The van der Waals surface area contributed by atoms with Crippen molar-refractivity contribution < 1.29 is 9.53 Å². The van der Waals surface area contributed by atoms with E-state index >= 15 is 0 Å². The lowest BCUT2D eigenvalue weighted by atomic mass is 9.84. The van der Waals surface area contributed by atoms with Gasteiger partial charge < -0.3 is 14.5 Å². The Balaban J connectivity index is 1.30. The van der Waals surface area contributed by atoms with E-state index in [1.165, 1.54) is 0 Å². The normalized spacial score (nSPS) is 29.5. The summed E-state index contributed by atoms with van der Waals surface area (Å²) in [6, 6.07) is 2.37. The summed E-state index contributed by atoms with van der Waals surface area (Å²) in [5, 5.41) is 3.02. The van der Waals surface area contributed by atoms with Crippen molar-refractivity contribution in [3.63, 3.8) is 0 Å². The molecule has 0 N–H and O–H groups in total. The molecule has 0 radical (unpaired) electrons. The number of aryl methyl sites for hydroxylation is 1. The van der Waals surface area contributed by atoms with Crippen LogP contribution >= 0.6 is 11.3 Å². The smallest absolute Gasteiger partial charge is 0.229 e. The van der Waals surface area contributed by atoms with E-state index in [-0.39, 0.29) is 23.6 Å². The number of hydrogen-bond donors (Lipinski definition) is 0. The summed E-state index contributed by atoms with van der Waals surface area (Å²) >= 11 is 1.61. The molecule has 148 valence electrons. The number of amides is 1. The van der Waals surface area contributed by atoms with E-state index in [2.05, 4.69) is 24.8 Å². The molecular weight excluding hydrogens is 374 g/mol. The van der Waals surface area contributed by atoms with Crippen LogP contribution in [-0.2, 0) is 16.0 Å². The Morgan fingerprint density at radius 2 is 2.04 bits per heavy atom. The summed E-state index contributed by atoms with van der Waals surface area (Å²) in [4.78, 5) is 30.7. The first kappa shape index (κ1) is 18.0. The van der Waals surface area contributed by atoms with Crippen LogP contribution in [0.2, 0.25) is 0 Å². The molecule has 2 bridgehead atoms. The third-order valence-electron chi connectivity index (χ3n) is 6.21. The maximum Gasteiger partial charge on any atom is 0.229 e. The summed E-state index contributed by atoms with van der Waals surface area (Å²) in [6.45, 7) is 4.28. The molecule has 3 aliphatic heterocycles. The van der Waals surface area contributed by atoms with Crippen molar-refractivity contribution >= 4 is 23.2 Å². The molecule has 7 nitrogen and oxygen atoms in total. The van der Waals surface area contributed by atoms with E-state index in [9.17, 15) is 4.79 Å². The van der Waals surface area contributed by atoms with Crippen molar-refractivity contribution in [2.24, 2.45) is 0 Å². The topological polar surface area (TPSA) is 71.5 Å². The number of carbonyl (C=O) groups excluding carboxylic acids is 1. The van der Waals surface area contributed by atoms with E-state index in [0.29, 0.717) is 13.0 Å². The standard InChI is InChI=1S/C20H25N5O2S/c1-14-23-15(12-28-14)9-18(26)25-16-3-4-17(25)11-20(10-16)13-24(7-8-27-20)19-21-5-2-6-22-19/h2,5-6,12,16-17H,3-4,7-11,13H2,1H3/t16-,17+,20?. The van der Waals surface area contributed by atoms with Gasteiger partial charge in [0.2, 0.25) is 11.9 Å². The number of hydrogen-bond acceptors (Lipinski definition) is 7. The lowest BCUT2D eigenvalue weighted by Crippen LogP contribution is -2.61. The number of aromatic nitrogens is 3. The first-order valence-electron chi connectivity index (χ1n) is 10.00. The number of thiazole rings is 1. The van der Waals surface area contributed by atoms with Gasteiger partial charge in [0.1, 0.15) is 0 Å². The van der Waals surface area contributed by atoms with Crippen molar-refractivity contribution in [1.82, 2.24) is 19.9 Å². The zero-order valence-electron chi connectivity index (χ0n) is 16.1. The highest BCUT2D eigenvalue weighted by atomic mass is 32.1. The number of ether oxygens (including phenoxy) is 1. The second-order valence-corrected chi connectivity index (χ2v) is 9.19. The molecule has 3 atom stereocenters. The zero-order valence-corrected chi connectivity index (χ0v) is 16.9. The molecule has 5 rings (SSSR count). The Kier molecular flexibility index (Phi) is 4.55. The van der Waals surface area contributed by atoms with Crippen LogP contribution in [0.25, 0.3) is 0 Å². The van der Waals surface area contributed by atoms with Gasteiger partial charge in [-0.2, -0.15) is 0 Å². The van der Waals surface area contributed by atoms with Crippen LogP contribution in [0.3, 0.4) is 0 Å². The SMILES string of the molecule is Cc1nc(CC(=O)N2[C@@H]3CC[C@H]2CC2(C3)CN(c3ncccn3)CCO2)cs1. The number of anilines is 1. The van der Waals surface area contributed by atoms with Crippen molar-refractivity contribution in [2.75, 3.05) is 24.6 Å². The van der Waals surface area contributed by atoms with E-state index in [0.717, 1.165) is 55.4 Å². The summed E-state index contributed by atoms with van der Waals surface area (Å²) in [5.41, 5.74) is 0.700. The second kappa shape index (κ2) is 7.08. The average molecular weight is 400 g/mol. The van der Waals surface area contributed by atoms with Gasteiger partial charge >= 0.3 is 0 Å². The Labute approximate surface area is 168 Å². The molecule has 0 saturated carbocycles. The van der Waals surface area contributed by atoms with Crippen molar-refractivity contribution in [2.45, 2.75) is 56.7 Å². The average Bonchev–Trinajstić information content (AvgIpc) is 3.23. The van der Waals surface area contributed by atoms with Crippen molar-refractivity contribution in [1.29, 1.82) is 0 Å². The molecule has 5 heterocycles. The van der Waals surface area contributed by atoms with Gasteiger partial charge in [-0.25, -0.2) is 15.0 Å². The number of morpholine rings is 1. The van der Waals surface area contributed by atoms with E-state index in [1.807, 2.05) is 18.4 Å². The van der Waals surface area contributed by atoms with Crippen LogP contribution in [-0.4, -0.2) is 63.1 Å². The first-order chi connectivity index (χ1) is 13.6. The molecule has 0 aromatic carbocycles. The summed E-state index contributed by atoms with van der Waals surface area (Å²) in [6.07, 6.45) is 7.92. The van der Waals surface area contributed by atoms with Crippen LogP contribution in [0.15, 0.2) is 23.8 Å². The third-order valence-corrected chi connectivity index (χ3v) is 7.03. The van der Waals surface area contributed by atoms with Gasteiger partial charge in [0.25, 0.3) is 0 Å². The van der Waals surface area contributed by atoms with E-state index in [4.69, 9.17) is 4.74 Å². The second-order valence-electron chi connectivity index (χ2n) is 8.13. The number of rotatable bonds is 3. The molecule has 8 heteroatoms. The maximum atomic E-state index is 13.0. The zero-order chi connectivity index (χ0) is 19.1. The molecule has 1 unspecified atom stereocenters. The maximum absolute atomic E-state index is 13.0. The van der Waals surface area contributed by atoms with Gasteiger partial charge in [0.15, 0.2) is 0 Å². The fourth-order valence-electron chi connectivity index (χ4n) is 5.16. The predicted molar refractivity (Wildman–Crippen MR) is 106 cm³/mol. The molecule has 28 heavy (non-hydrogen) atoms. The van der Waals surface area contributed by atoms with E-state index < -0.39 is 0 Å². The quantitative estimate of drug-likeness (QED) is 0.788. The third kappa shape index (κ3) is 3.28. The molecule has 3 aliphatic rings. The minimum atomic E-state index is -0.197. The van der Waals surface area contributed by atoms with Crippen LogP contribution in [0.4, 0.5) is 5.95 Å². The predicted octanol–water partition coefficient (Wildman–Crippen LogP) is 2.21. The molecule has 1 spiro atoms. The summed E-state index contributed by atoms with van der Waals surface area (Å²) in [5.74, 6) is 0.988. The van der Waals surface area contributed by atoms with Gasteiger partial charge in [-0.15, -0.1) is 11.3 Å². The highest BCUT2D eigenvalue weighted by molar-refractivity contribution is 7.09. The van der Waals surface area contributed by atoms with Gasteiger partial charge in [-0.3, -0.25) is 4.79 Å². The molecule has 0 aliphatic carbocycles. The monoisotopic (exact) mass is 399 g/mol. The van der Waals surface area contributed by atoms with Gasteiger partial charge in [-0.05, 0) is 38.7 Å². The van der Waals surface area contributed by atoms with Gasteiger partial charge in [-0.1, -0.05) is 0 Å². The fraction of sp³-hybridized carbons (Fsp3) is 0.600. The number of carbonyl (C=O) groups is 1. The first-order valence-corrected chi connectivity index (χ1v) is 10.9. The fourth-order valence-corrected chi connectivity index (χ4v) is 5.78. The number of nitrogens with zero attached hydrogens (tertiary/aromatic N) is 5.